The van der Waals surface area contributed by atoms with Gasteiger partial charge in [-0.05, 0) is 25.7 Å². The van der Waals surface area contributed by atoms with Gasteiger partial charge in [-0.2, -0.15) is 0 Å². The minimum atomic E-state index is -0.688. The minimum Gasteiger partial charge on any atom is -0.379 e. The summed E-state index contributed by atoms with van der Waals surface area (Å²) in [6.07, 6.45) is 15.5. The summed E-state index contributed by atoms with van der Waals surface area (Å²) in [6.45, 7) is 8.09. The van der Waals surface area contributed by atoms with Gasteiger partial charge in [0.25, 0.3) is 0 Å². The molecule has 1 N–H and O–H groups in total. The van der Waals surface area contributed by atoms with Gasteiger partial charge in [0, 0.05) is 6.61 Å². The van der Waals surface area contributed by atoms with Crippen LogP contribution in [0.5, 0.6) is 0 Å². The molecule has 0 aromatic rings. The third-order valence-corrected chi connectivity index (χ3v) is 4.37. The molecule has 23 heavy (non-hydrogen) atoms. The van der Waals surface area contributed by atoms with E-state index in [4.69, 9.17) is 14.6 Å². The largest absolute Gasteiger partial charge is 0.379 e. The summed E-state index contributed by atoms with van der Waals surface area (Å²) >= 11 is 0. The normalized spacial score (nSPS) is 14.1. The summed E-state index contributed by atoms with van der Waals surface area (Å²) < 4.78 is 10.9. The van der Waals surface area contributed by atoms with Gasteiger partial charge >= 0.3 is 0 Å². The molecule has 0 aliphatic rings. The van der Waals surface area contributed by atoms with E-state index in [-0.39, 0.29) is 0 Å². The highest BCUT2D eigenvalue weighted by Crippen LogP contribution is 2.19. The van der Waals surface area contributed by atoms with Gasteiger partial charge in [-0.25, -0.2) is 0 Å². The Hall–Kier alpha value is -0.120. The van der Waals surface area contributed by atoms with E-state index < -0.39 is 6.29 Å². The highest BCUT2D eigenvalue weighted by atomic mass is 16.6. The van der Waals surface area contributed by atoms with Crippen molar-refractivity contribution in [3.05, 3.63) is 0 Å². The van der Waals surface area contributed by atoms with Crippen LogP contribution < -0.4 is 0 Å². The van der Waals surface area contributed by atoms with E-state index in [9.17, 15) is 0 Å². The molecule has 0 aromatic carbocycles. The summed E-state index contributed by atoms with van der Waals surface area (Å²) in [6, 6.07) is 0. The SMILES string of the molecule is CCCCCCCCC(CCCCCC)COCCOC(C)O. The number of hydrogen-bond donors (Lipinski definition) is 1. The van der Waals surface area contributed by atoms with Crippen LogP contribution in [0.2, 0.25) is 0 Å². The lowest BCUT2D eigenvalue weighted by molar-refractivity contribution is -0.101. The number of rotatable bonds is 18. The molecule has 0 aliphatic heterocycles. The van der Waals surface area contributed by atoms with E-state index in [1.54, 1.807) is 6.92 Å². The molecule has 0 radical (unpaired) electrons. The van der Waals surface area contributed by atoms with E-state index in [0.717, 1.165) is 6.61 Å². The van der Waals surface area contributed by atoms with Crippen molar-refractivity contribution in [2.45, 2.75) is 104 Å². The molecule has 2 unspecified atom stereocenters. The molecule has 0 heterocycles. The number of ether oxygens (including phenoxy) is 2. The van der Waals surface area contributed by atoms with Crippen LogP contribution in [0.4, 0.5) is 0 Å². The van der Waals surface area contributed by atoms with Crippen molar-refractivity contribution >= 4 is 0 Å². The Morgan fingerprint density at radius 3 is 1.83 bits per heavy atom. The van der Waals surface area contributed by atoms with E-state index in [1.807, 2.05) is 0 Å². The molecule has 0 amide bonds. The van der Waals surface area contributed by atoms with Gasteiger partial charge in [-0.3, -0.25) is 0 Å². The van der Waals surface area contributed by atoms with Gasteiger partial charge in [0.1, 0.15) is 0 Å². The Labute approximate surface area is 145 Å². The molecule has 0 saturated carbocycles. The fourth-order valence-electron chi connectivity index (χ4n) is 2.91. The van der Waals surface area contributed by atoms with Crippen molar-refractivity contribution in [1.29, 1.82) is 0 Å². The third kappa shape index (κ3) is 18.1. The Morgan fingerprint density at radius 1 is 0.739 bits per heavy atom. The molecule has 0 bridgehead atoms. The van der Waals surface area contributed by atoms with Crippen molar-refractivity contribution in [2.75, 3.05) is 19.8 Å². The van der Waals surface area contributed by atoms with Gasteiger partial charge in [0.05, 0.1) is 13.2 Å². The van der Waals surface area contributed by atoms with E-state index in [2.05, 4.69) is 13.8 Å². The molecule has 140 valence electrons. The van der Waals surface area contributed by atoms with Crippen molar-refractivity contribution < 1.29 is 14.6 Å². The molecule has 0 saturated heterocycles. The third-order valence-electron chi connectivity index (χ3n) is 4.37. The van der Waals surface area contributed by atoms with Crippen molar-refractivity contribution in [2.24, 2.45) is 5.92 Å². The predicted molar refractivity (Wildman–Crippen MR) is 98.7 cm³/mol. The quantitative estimate of drug-likeness (QED) is 0.259. The lowest BCUT2D eigenvalue weighted by atomic mass is 9.95. The molecule has 0 aliphatic carbocycles. The summed E-state index contributed by atoms with van der Waals surface area (Å²) in [5, 5.41) is 9.05. The highest BCUT2D eigenvalue weighted by Gasteiger charge is 2.09. The number of aliphatic hydroxyl groups excluding tert-OH is 1. The smallest absolute Gasteiger partial charge is 0.151 e. The average molecular weight is 331 g/mol. The molecule has 3 nitrogen and oxygen atoms in total. The maximum atomic E-state index is 9.05. The first-order valence-corrected chi connectivity index (χ1v) is 10.1. The van der Waals surface area contributed by atoms with E-state index in [0.29, 0.717) is 19.1 Å². The Morgan fingerprint density at radius 2 is 1.26 bits per heavy atom. The van der Waals surface area contributed by atoms with E-state index >= 15 is 0 Å². The topological polar surface area (TPSA) is 38.7 Å². The summed E-state index contributed by atoms with van der Waals surface area (Å²) in [5.41, 5.74) is 0. The average Bonchev–Trinajstić information content (AvgIpc) is 2.53. The monoisotopic (exact) mass is 330 g/mol. The lowest BCUT2D eigenvalue weighted by Crippen LogP contribution is -2.16. The predicted octanol–water partition coefficient (Wildman–Crippen LogP) is 5.70. The second-order valence-corrected chi connectivity index (χ2v) is 6.82. The molecular weight excluding hydrogens is 288 g/mol. The standard InChI is InChI=1S/C20H42O3/c1-4-6-8-10-11-13-15-20(14-12-9-7-5-2)18-22-16-17-23-19(3)21/h19-21H,4-18H2,1-3H3. The first-order valence-electron chi connectivity index (χ1n) is 10.1. The maximum absolute atomic E-state index is 9.05. The van der Waals surface area contributed by atoms with Crippen LogP contribution in [0, 0.1) is 5.92 Å². The molecular formula is C20H42O3. The van der Waals surface area contributed by atoms with Crippen LogP contribution in [-0.4, -0.2) is 31.2 Å². The fourth-order valence-corrected chi connectivity index (χ4v) is 2.91. The molecule has 2 atom stereocenters. The zero-order chi connectivity index (χ0) is 17.2. The zero-order valence-electron chi connectivity index (χ0n) is 16.0. The number of hydrogen-bond acceptors (Lipinski definition) is 3. The molecule has 0 aromatic heterocycles. The minimum absolute atomic E-state index is 0.483. The second-order valence-electron chi connectivity index (χ2n) is 6.82. The van der Waals surface area contributed by atoms with Crippen LogP contribution in [0.15, 0.2) is 0 Å². The first-order chi connectivity index (χ1) is 11.2. The Balaban J connectivity index is 3.75. The van der Waals surface area contributed by atoms with Crippen LogP contribution in [0.25, 0.3) is 0 Å². The molecule has 0 fully saturated rings. The summed E-state index contributed by atoms with van der Waals surface area (Å²) in [4.78, 5) is 0. The van der Waals surface area contributed by atoms with Gasteiger partial charge in [-0.15, -0.1) is 0 Å². The maximum Gasteiger partial charge on any atom is 0.151 e. The summed E-state index contributed by atoms with van der Waals surface area (Å²) in [7, 11) is 0. The van der Waals surface area contributed by atoms with Crippen molar-refractivity contribution in [1.82, 2.24) is 0 Å². The van der Waals surface area contributed by atoms with Crippen molar-refractivity contribution in [3.63, 3.8) is 0 Å². The first kappa shape index (κ1) is 22.9. The van der Waals surface area contributed by atoms with E-state index in [1.165, 1.54) is 77.0 Å². The lowest BCUT2D eigenvalue weighted by Gasteiger charge is -2.17. The summed E-state index contributed by atoms with van der Waals surface area (Å²) in [5.74, 6) is 0.699. The molecule has 0 spiro atoms. The van der Waals surface area contributed by atoms with Crippen LogP contribution >= 0.6 is 0 Å². The van der Waals surface area contributed by atoms with Crippen molar-refractivity contribution in [3.8, 4) is 0 Å². The van der Waals surface area contributed by atoms with Crippen LogP contribution in [-0.2, 0) is 9.47 Å². The van der Waals surface area contributed by atoms with Gasteiger partial charge in [0.15, 0.2) is 6.29 Å². The second kappa shape index (κ2) is 18.2. The van der Waals surface area contributed by atoms with Crippen LogP contribution in [0.1, 0.15) is 97.8 Å². The van der Waals surface area contributed by atoms with Crippen LogP contribution in [0.3, 0.4) is 0 Å². The van der Waals surface area contributed by atoms with Gasteiger partial charge < -0.3 is 14.6 Å². The number of unbranched alkanes of at least 4 members (excludes halogenated alkanes) is 8. The van der Waals surface area contributed by atoms with Gasteiger partial charge in [0.2, 0.25) is 0 Å². The Bertz CT molecular complexity index is 219. The highest BCUT2D eigenvalue weighted by molar-refractivity contribution is 4.60. The molecule has 0 rings (SSSR count). The Kier molecular flexibility index (Phi) is 18.1. The fraction of sp³-hybridized carbons (Fsp3) is 1.00. The zero-order valence-corrected chi connectivity index (χ0v) is 16.0. The number of aliphatic hydroxyl groups is 1. The molecule has 3 heteroatoms. The van der Waals surface area contributed by atoms with Gasteiger partial charge in [-0.1, -0.05) is 78.1 Å².